The lowest BCUT2D eigenvalue weighted by Crippen LogP contribution is -2.37. The number of halogens is 3. The van der Waals surface area contributed by atoms with Crippen LogP contribution in [0.4, 0.5) is 0 Å². The summed E-state index contributed by atoms with van der Waals surface area (Å²) in [6.07, 6.45) is 3.68. The number of carbonyl (C=O) groups excluding carboxylic acids is 2. The molecular formula is C20H37BrCl2N2O4. The summed E-state index contributed by atoms with van der Waals surface area (Å²) in [6, 6.07) is 0. The van der Waals surface area contributed by atoms with Crippen LogP contribution in [0, 0.1) is 11.8 Å². The van der Waals surface area contributed by atoms with E-state index < -0.39 is 0 Å². The van der Waals surface area contributed by atoms with Crippen molar-refractivity contribution in [2.24, 2.45) is 11.8 Å². The normalized spacial score (nSPS) is 18.0. The van der Waals surface area contributed by atoms with Gasteiger partial charge in [-0.1, -0.05) is 15.9 Å². The molecule has 0 saturated carbocycles. The second kappa shape index (κ2) is 19.9. The molecule has 0 bridgehead atoms. The van der Waals surface area contributed by atoms with E-state index in [4.69, 9.17) is 32.7 Å². The van der Waals surface area contributed by atoms with Crippen LogP contribution in [0.25, 0.3) is 0 Å². The van der Waals surface area contributed by atoms with E-state index in [2.05, 4.69) is 26.1 Å². The molecule has 2 aliphatic heterocycles. The Morgan fingerprint density at radius 3 is 1.76 bits per heavy atom. The van der Waals surface area contributed by atoms with Gasteiger partial charge in [0.2, 0.25) is 0 Å². The molecule has 2 aliphatic rings. The number of piperidine rings is 2. The minimum Gasteiger partial charge on any atom is -0.466 e. The molecule has 2 fully saturated rings. The van der Waals surface area contributed by atoms with Crippen molar-refractivity contribution in [3.63, 3.8) is 0 Å². The Bertz CT molecular complexity index is 417. The topological polar surface area (TPSA) is 67.9 Å². The maximum absolute atomic E-state index is 11.4. The smallest absolute Gasteiger partial charge is 0.309 e. The molecule has 0 aromatic heterocycles. The fourth-order valence-corrected chi connectivity index (χ4v) is 3.33. The average molecular weight is 520 g/mol. The molecule has 0 spiro atoms. The fraction of sp³-hybridized carbons (Fsp3) is 0.900. The van der Waals surface area contributed by atoms with Crippen molar-refractivity contribution >= 4 is 51.1 Å². The van der Waals surface area contributed by atoms with Crippen molar-refractivity contribution in [2.45, 2.75) is 39.5 Å². The highest BCUT2D eigenvalue weighted by Crippen LogP contribution is 2.18. The Labute approximate surface area is 194 Å². The molecule has 0 amide bonds. The lowest BCUT2D eigenvalue weighted by atomic mass is 9.97. The summed E-state index contributed by atoms with van der Waals surface area (Å²) in [5, 5.41) is 4.10. The number of hydrogen-bond donors (Lipinski definition) is 1. The van der Waals surface area contributed by atoms with Crippen molar-refractivity contribution < 1.29 is 19.1 Å². The summed E-state index contributed by atoms with van der Waals surface area (Å²) in [6.45, 7) is 9.44. The van der Waals surface area contributed by atoms with Gasteiger partial charge in [0.1, 0.15) is 0 Å². The predicted octanol–water partition coefficient (Wildman–Crippen LogP) is 3.67. The molecule has 2 rings (SSSR count). The lowest BCUT2D eigenvalue weighted by molar-refractivity contribution is -0.150. The number of nitrogens with zero attached hydrogens (tertiary/aromatic N) is 1. The molecule has 6 nitrogen and oxygen atoms in total. The summed E-state index contributed by atoms with van der Waals surface area (Å²) in [7, 11) is 0. The number of likely N-dealkylation sites (tertiary alicyclic amines) is 1. The first-order valence-electron chi connectivity index (χ1n) is 10.5. The second-order valence-corrected chi connectivity index (χ2v) is 8.26. The standard InChI is InChI=1S/C10H18ClNO2.C8H15NO2.C2H4BrCl/c1-2-14-10(13)9-3-6-12(7-4-9)8-5-11;1-2-11-8(10)7-3-5-9-6-4-7;3-1-2-4/h9H,2-8H2,1H3;7,9H,2-6H2,1H3;1-2H2. The van der Waals surface area contributed by atoms with Gasteiger partial charge < -0.3 is 19.7 Å². The van der Waals surface area contributed by atoms with Crippen LogP contribution >= 0.6 is 39.1 Å². The Balaban J connectivity index is 0.000000466. The van der Waals surface area contributed by atoms with Crippen LogP contribution in [-0.2, 0) is 19.1 Å². The molecule has 2 heterocycles. The molecule has 29 heavy (non-hydrogen) atoms. The van der Waals surface area contributed by atoms with E-state index >= 15 is 0 Å². The summed E-state index contributed by atoms with van der Waals surface area (Å²) in [5.41, 5.74) is 0. The molecule has 0 radical (unpaired) electrons. The van der Waals surface area contributed by atoms with E-state index in [-0.39, 0.29) is 23.8 Å². The number of rotatable bonds is 7. The molecule has 1 N–H and O–H groups in total. The highest BCUT2D eigenvalue weighted by Gasteiger charge is 2.25. The molecule has 172 valence electrons. The molecule has 2 saturated heterocycles. The summed E-state index contributed by atoms with van der Waals surface area (Å²) < 4.78 is 9.91. The van der Waals surface area contributed by atoms with E-state index in [9.17, 15) is 9.59 Å². The number of alkyl halides is 3. The number of esters is 2. The summed E-state index contributed by atoms with van der Waals surface area (Å²) in [4.78, 5) is 24.8. The van der Waals surface area contributed by atoms with Crippen LogP contribution in [0.15, 0.2) is 0 Å². The zero-order chi connectivity index (χ0) is 21.9. The van der Waals surface area contributed by atoms with Crippen LogP contribution in [-0.4, -0.2) is 79.9 Å². The van der Waals surface area contributed by atoms with Gasteiger partial charge in [-0.3, -0.25) is 9.59 Å². The van der Waals surface area contributed by atoms with Crippen molar-refractivity contribution in [3.8, 4) is 0 Å². The first kappa shape index (κ1) is 28.9. The number of nitrogens with one attached hydrogen (secondary N) is 1. The van der Waals surface area contributed by atoms with Crippen LogP contribution in [0.3, 0.4) is 0 Å². The molecule has 0 aromatic rings. The molecule has 0 aromatic carbocycles. The SMILES string of the molecule is CCOC(=O)C1CCN(CCCl)CC1.CCOC(=O)C1CCNCC1.ClCCBr. The van der Waals surface area contributed by atoms with Crippen LogP contribution < -0.4 is 5.32 Å². The maximum atomic E-state index is 11.4. The van der Waals surface area contributed by atoms with E-state index in [0.717, 1.165) is 63.7 Å². The Kier molecular flexibility index (Phi) is 19.8. The van der Waals surface area contributed by atoms with E-state index in [1.807, 2.05) is 13.8 Å². The summed E-state index contributed by atoms with van der Waals surface area (Å²) in [5.74, 6) is 1.59. The zero-order valence-corrected chi connectivity index (χ0v) is 20.9. The Morgan fingerprint density at radius 2 is 1.38 bits per heavy atom. The molecular weight excluding hydrogens is 483 g/mol. The highest BCUT2D eigenvalue weighted by atomic mass is 79.9. The predicted molar refractivity (Wildman–Crippen MR) is 123 cm³/mol. The second-order valence-electron chi connectivity index (χ2n) is 6.71. The van der Waals surface area contributed by atoms with Crippen LogP contribution in [0.2, 0.25) is 0 Å². The van der Waals surface area contributed by atoms with E-state index in [1.54, 1.807) is 0 Å². The third kappa shape index (κ3) is 14.5. The first-order chi connectivity index (χ1) is 14.0. The zero-order valence-electron chi connectivity index (χ0n) is 17.8. The third-order valence-corrected chi connectivity index (χ3v) is 5.85. The van der Waals surface area contributed by atoms with Gasteiger partial charge in [0.05, 0.1) is 25.0 Å². The first-order valence-corrected chi connectivity index (χ1v) is 12.7. The van der Waals surface area contributed by atoms with Gasteiger partial charge in [-0.2, -0.15) is 0 Å². The number of carbonyl (C=O) groups is 2. The van der Waals surface area contributed by atoms with E-state index in [1.165, 1.54) is 0 Å². The molecule has 0 unspecified atom stereocenters. The quantitative estimate of drug-likeness (QED) is 0.409. The van der Waals surface area contributed by atoms with Gasteiger partial charge in [0, 0.05) is 23.6 Å². The van der Waals surface area contributed by atoms with Crippen molar-refractivity contribution in [1.82, 2.24) is 10.2 Å². The van der Waals surface area contributed by atoms with Gasteiger partial charge in [-0.15, -0.1) is 23.2 Å². The van der Waals surface area contributed by atoms with Crippen LogP contribution in [0.5, 0.6) is 0 Å². The monoisotopic (exact) mass is 518 g/mol. The van der Waals surface area contributed by atoms with E-state index in [0.29, 0.717) is 25.0 Å². The largest absolute Gasteiger partial charge is 0.466 e. The average Bonchev–Trinajstić information content (AvgIpc) is 2.76. The Hall–Kier alpha value is -0.0800. The minimum atomic E-state index is -0.0296. The number of hydrogen-bond acceptors (Lipinski definition) is 6. The van der Waals surface area contributed by atoms with Crippen LogP contribution in [0.1, 0.15) is 39.5 Å². The Morgan fingerprint density at radius 1 is 0.931 bits per heavy atom. The summed E-state index contributed by atoms with van der Waals surface area (Å²) >= 11 is 13.9. The lowest BCUT2D eigenvalue weighted by Gasteiger charge is -2.30. The molecule has 9 heteroatoms. The maximum Gasteiger partial charge on any atom is 0.309 e. The van der Waals surface area contributed by atoms with Gasteiger partial charge in [-0.25, -0.2) is 0 Å². The molecule has 0 atom stereocenters. The van der Waals surface area contributed by atoms with Gasteiger partial charge in [0.25, 0.3) is 0 Å². The highest BCUT2D eigenvalue weighted by molar-refractivity contribution is 9.09. The molecule has 0 aliphatic carbocycles. The van der Waals surface area contributed by atoms with Crippen molar-refractivity contribution in [1.29, 1.82) is 0 Å². The van der Waals surface area contributed by atoms with Gasteiger partial charge in [0.15, 0.2) is 0 Å². The van der Waals surface area contributed by atoms with Crippen molar-refractivity contribution in [3.05, 3.63) is 0 Å². The fourth-order valence-electron chi connectivity index (χ4n) is 3.09. The van der Waals surface area contributed by atoms with Gasteiger partial charge >= 0.3 is 11.9 Å². The third-order valence-electron chi connectivity index (χ3n) is 4.64. The number of ether oxygens (including phenoxy) is 2. The van der Waals surface area contributed by atoms with Crippen molar-refractivity contribution in [2.75, 3.05) is 63.0 Å². The minimum absolute atomic E-state index is 0.0194. The van der Waals surface area contributed by atoms with Gasteiger partial charge in [-0.05, 0) is 65.7 Å².